The molecule has 7 nitrogen and oxygen atoms in total. The molecule has 0 spiro atoms. The number of amides is 1. The van der Waals surface area contributed by atoms with Gasteiger partial charge in [0.1, 0.15) is 0 Å². The molecule has 0 aromatic heterocycles. The molecule has 194 valence electrons. The van der Waals surface area contributed by atoms with E-state index < -0.39 is 11.9 Å². The smallest absolute Gasteiger partial charge is 0.308 e. The quantitative estimate of drug-likeness (QED) is 0.378. The predicted octanol–water partition coefficient (Wildman–Crippen LogP) is 4.03. The lowest BCUT2D eigenvalue weighted by molar-refractivity contribution is -0.134. The molecule has 1 aliphatic heterocycles. The number of carbonyl (C=O) groups excluding carboxylic acids is 3. The van der Waals surface area contributed by atoms with Crippen LogP contribution in [0.3, 0.4) is 0 Å². The van der Waals surface area contributed by atoms with Crippen molar-refractivity contribution in [1.29, 1.82) is 0 Å². The number of rotatable bonds is 5. The predicted molar refractivity (Wildman–Crippen MR) is 140 cm³/mol. The van der Waals surface area contributed by atoms with Crippen LogP contribution in [0.5, 0.6) is 11.5 Å². The van der Waals surface area contributed by atoms with E-state index in [0.717, 1.165) is 48.9 Å². The summed E-state index contributed by atoms with van der Waals surface area (Å²) >= 11 is 0. The Hall–Kier alpha value is -3.45. The molecule has 3 aliphatic rings. The van der Waals surface area contributed by atoms with Crippen LogP contribution >= 0.6 is 0 Å². The summed E-state index contributed by atoms with van der Waals surface area (Å²) in [5, 5.41) is 3.69. The van der Waals surface area contributed by atoms with Gasteiger partial charge in [-0.05, 0) is 67.8 Å². The van der Waals surface area contributed by atoms with Gasteiger partial charge in [0.25, 0.3) is 0 Å². The van der Waals surface area contributed by atoms with Gasteiger partial charge in [0.15, 0.2) is 11.5 Å². The van der Waals surface area contributed by atoms with Gasteiger partial charge >= 0.3 is 11.9 Å². The number of piperidine rings is 1. The zero-order valence-electron chi connectivity index (χ0n) is 21.7. The van der Waals surface area contributed by atoms with Gasteiger partial charge < -0.3 is 19.7 Å². The van der Waals surface area contributed by atoms with Crippen molar-refractivity contribution >= 4 is 23.9 Å². The number of esters is 2. The molecule has 2 bridgehead atoms. The Bertz CT molecular complexity index is 1240. The van der Waals surface area contributed by atoms with Gasteiger partial charge in [-0.15, -0.1) is 0 Å². The van der Waals surface area contributed by atoms with Crippen LogP contribution in [0, 0.1) is 5.92 Å². The van der Waals surface area contributed by atoms with Crippen molar-refractivity contribution in [2.45, 2.75) is 63.5 Å². The van der Waals surface area contributed by atoms with Gasteiger partial charge in [-0.3, -0.25) is 14.4 Å². The minimum Gasteiger partial charge on any atom is -0.423 e. The van der Waals surface area contributed by atoms with Crippen LogP contribution < -0.4 is 14.8 Å². The molecular formula is C30H34N2O5. The molecule has 2 aromatic rings. The van der Waals surface area contributed by atoms with Gasteiger partial charge in [0, 0.05) is 50.0 Å². The number of benzene rings is 2. The average Bonchev–Trinajstić information content (AvgIpc) is 2.88. The fourth-order valence-electron chi connectivity index (χ4n) is 6.82. The molecule has 5 rings (SSSR count). The van der Waals surface area contributed by atoms with Crippen molar-refractivity contribution in [3.05, 3.63) is 65.2 Å². The zero-order chi connectivity index (χ0) is 26.2. The lowest BCUT2D eigenvalue weighted by atomic mass is 9.51. The maximum absolute atomic E-state index is 13.1. The van der Waals surface area contributed by atoms with Crippen molar-refractivity contribution in [3.63, 3.8) is 0 Å². The van der Waals surface area contributed by atoms with Crippen LogP contribution in [0.4, 0.5) is 0 Å². The van der Waals surface area contributed by atoms with Crippen LogP contribution in [0.1, 0.15) is 56.2 Å². The maximum Gasteiger partial charge on any atom is 0.308 e. The van der Waals surface area contributed by atoms with Crippen LogP contribution in [-0.4, -0.2) is 48.4 Å². The highest BCUT2D eigenvalue weighted by molar-refractivity contribution is 5.91. The molecule has 1 N–H and O–H groups in total. The molecular weight excluding hydrogens is 468 g/mol. The van der Waals surface area contributed by atoms with E-state index in [1.165, 1.54) is 13.8 Å². The summed E-state index contributed by atoms with van der Waals surface area (Å²) in [6.07, 6.45) is 7.96. The second kappa shape index (κ2) is 10.1. The van der Waals surface area contributed by atoms with E-state index in [9.17, 15) is 14.4 Å². The van der Waals surface area contributed by atoms with Gasteiger partial charge in [0.05, 0.1) is 0 Å². The second-order valence-corrected chi connectivity index (χ2v) is 10.5. The maximum atomic E-state index is 13.1. The Morgan fingerprint density at radius 2 is 1.78 bits per heavy atom. The summed E-state index contributed by atoms with van der Waals surface area (Å²) in [5.41, 5.74) is 2.94. The van der Waals surface area contributed by atoms with Gasteiger partial charge in [-0.2, -0.15) is 0 Å². The largest absolute Gasteiger partial charge is 0.423 e. The summed E-state index contributed by atoms with van der Waals surface area (Å²) in [4.78, 5) is 38.8. The van der Waals surface area contributed by atoms with Gasteiger partial charge in [-0.25, -0.2) is 0 Å². The number of fused-ring (bicyclic) bond motifs is 1. The topological polar surface area (TPSA) is 84.9 Å². The third-order valence-electron chi connectivity index (χ3n) is 8.38. The van der Waals surface area contributed by atoms with Crippen LogP contribution in [-0.2, 0) is 26.2 Å². The first-order chi connectivity index (χ1) is 17.8. The minimum atomic E-state index is -0.458. The van der Waals surface area contributed by atoms with E-state index in [0.29, 0.717) is 18.1 Å². The van der Waals surface area contributed by atoms with Crippen LogP contribution in [0.2, 0.25) is 0 Å². The number of carbonyl (C=O) groups is 3. The third kappa shape index (κ3) is 4.80. The fraction of sp³-hybridized carbons (Fsp3) is 0.433. The molecule has 0 unspecified atom stereocenters. The van der Waals surface area contributed by atoms with E-state index in [2.05, 4.69) is 11.4 Å². The lowest BCUT2D eigenvalue weighted by Crippen LogP contribution is -2.62. The Morgan fingerprint density at radius 1 is 1.03 bits per heavy atom. The summed E-state index contributed by atoms with van der Waals surface area (Å²) in [6, 6.07) is 14.0. The van der Waals surface area contributed by atoms with E-state index in [4.69, 9.17) is 9.47 Å². The molecule has 37 heavy (non-hydrogen) atoms. The third-order valence-corrected chi connectivity index (χ3v) is 8.38. The highest BCUT2D eigenvalue weighted by Gasteiger charge is 2.55. The number of hydrogen-bond donors (Lipinski definition) is 1. The minimum absolute atomic E-state index is 0.00368. The molecule has 1 saturated heterocycles. The van der Waals surface area contributed by atoms with Crippen molar-refractivity contribution in [3.8, 4) is 11.5 Å². The highest BCUT2D eigenvalue weighted by Crippen LogP contribution is 2.57. The van der Waals surface area contributed by atoms with Gasteiger partial charge in [-0.1, -0.05) is 36.4 Å². The summed E-state index contributed by atoms with van der Waals surface area (Å²) in [7, 11) is 1.90. The first-order valence-corrected chi connectivity index (χ1v) is 13.0. The van der Waals surface area contributed by atoms with E-state index in [-0.39, 0.29) is 29.2 Å². The number of nitrogens with one attached hydrogen (secondary N) is 1. The van der Waals surface area contributed by atoms with Crippen LogP contribution in [0.25, 0.3) is 6.08 Å². The molecule has 1 heterocycles. The Kier molecular flexibility index (Phi) is 6.90. The van der Waals surface area contributed by atoms with Crippen molar-refractivity contribution in [1.82, 2.24) is 10.2 Å². The Labute approximate surface area is 217 Å². The number of nitrogens with zero attached hydrogens (tertiary/aromatic N) is 1. The Morgan fingerprint density at radius 3 is 2.51 bits per heavy atom. The first kappa shape index (κ1) is 25.2. The van der Waals surface area contributed by atoms with Crippen molar-refractivity contribution in [2.75, 3.05) is 13.6 Å². The molecule has 7 heteroatoms. The van der Waals surface area contributed by atoms with E-state index >= 15 is 0 Å². The molecule has 2 aliphatic carbocycles. The molecule has 1 amide bonds. The molecule has 1 saturated carbocycles. The number of ether oxygens (including phenoxy) is 2. The average molecular weight is 503 g/mol. The normalized spacial score (nSPS) is 26.1. The lowest BCUT2D eigenvalue weighted by Gasteiger charge is -2.58. The molecule has 2 fully saturated rings. The number of likely N-dealkylation sites (N-methyl/N-ethyl adjacent to an activating group) is 1. The van der Waals surface area contributed by atoms with E-state index in [1.807, 2.05) is 48.4 Å². The SMILES string of the molecule is CC(=O)Oc1ccc2c(c1OC(C)=O)C[C@H]1NCC[C@@]23C[C@H](N(C)C(=O)C=Cc2ccccc2)CC[C@@H]13. The molecule has 2 aromatic carbocycles. The fourth-order valence-corrected chi connectivity index (χ4v) is 6.82. The van der Waals surface area contributed by atoms with E-state index in [1.54, 1.807) is 12.1 Å². The highest BCUT2D eigenvalue weighted by atomic mass is 16.6. The van der Waals surface area contributed by atoms with Crippen LogP contribution in [0.15, 0.2) is 48.5 Å². The first-order valence-electron chi connectivity index (χ1n) is 13.0. The summed E-state index contributed by atoms with van der Waals surface area (Å²) < 4.78 is 11.1. The molecule has 4 atom stereocenters. The molecule has 0 radical (unpaired) electrons. The summed E-state index contributed by atoms with van der Waals surface area (Å²) in [6.45, 7) is 3.60. The van der Waals surface area contributed by atoms with Crippen molar-refractivity contribution in [2.24, 2.45) is 5.92 Å². The Balaban J connectivity index is 1.48. The summed E-state index contributed by atoms with van der Waals surface area (Å²) in [5.74, 6) is 0.148. The zero-order valence-corrected chi connectivity index (χ0v) is 21.7. The van der Waals surface area contributed by atoms with Crippen molar-refractivity contribution < 1.29 is 23.9 Å². The number of hydrogen-bond acceptors (Lipinski definition) is 6. The second-order valence-electron chi connectivity index (χ2n) is 10.5. The monoisotopic (exact) mass is 502 g/mol. The van der Waals surface area contributed by atoms with Gasteiger partial charge in [0.2, 0.25) is 5.91 Å². The standard InChI is InChI=1S/C30H34N2O5/c1-19(33)36-27-13-12-24-23(29(27)37-20(2)34)17-26-25-11-10-22(18-30(24,25)15-16-31-26)32(3)28(35)14-9-21-7-5-4-6-8-21/h4-9,12-14,22,25-26,31H,10-11,15-18H2,1-3H3/t22-,25+,26-,30-/m1/s1.